The van der Waals surface area contributed by atoms with Gasteiger partial charge in [0.25, 0.3) is 0 Å². The highest BCUT2D eigenvalue weighted by Crippen LogP contribution is 2.24. The molecule has 2 amide bonds. The lowest BCUT2D eigenvalue weighted by Crippen LogP contribution is -2.48. The minimum atomic E-state index is -0.285. The standard InChI is InChI=1S/C14H24N2O3/c15-13(17)11-6-2-1-3-7-12(11)16-14(18)10-5-4-8-19-9-10/h10-12H,1-9H2,(H2,15,17)(H,16,18). The Balaban J connectivity index is 1.93. The van der Waals surface area contributed by atoms with Crippen molar-refractivity contribution in [2.24, 2.45) is 17.6 Å². The van der Waals surface area contributed by atoms with E-state index in [-0.39, 0.29) is 29.7 Å². The molecular formula is C14H24N2O3. The Bertz CT molecular complexity index is 327. The lowest BCUT2D eigenvalue weighted by molar-refractivity contribution is -0.131. The van der Waals surface area contributed by atoms with Crippen LogP contribution >= 0.6 is 0 Å². The first-order chi connectivity index (χ1) is 9.18. The van der Waals surface area contributed by atoms with E-state index >= 15 is 0 Å². The van der Waals surface area contributed by atoms with Crippen molar-refractivity contribution in [2.75, 3.05) is 13.2 Å². The minimum Gasteiger partial charge on any atom is -0.381 e. The number of hydrogen-bond donors (Lipinski definition) is 2. The molecule has 1 saturated carbocycles. The summed E-state index contributed by atoms with van der Waals surface area (Å²) in [4.78, 5) is 23.7. The van der Waals surface area contributed by atoms with E-state index in [0.29, 0.717) is 6.61 Å². The molecule has 0 aromatic carbocycles. The third kappa shape index (κ3) is 3.93. The van der Waals surface area contributed by atoms with Gasteiger partial charge in [-0.1, -0.05) is 19.3 Å². The summed E-state index contributed by atoms with van der Waals surface area (Å²) in [7, 11) is 0. The van der Waals surface area contributed by atoms with Crippen LogP contribution in [-0.2, 0) is 14.3 Å². The molecule has 3 atom stereocenters. The Morgan fingerprint density at radius 2 is 1.84 bits per heavy atom. The zero-order chi connectivity index (χ0) is 13.7. The van der Waals surface area contributed by atoms with Gasteiger partial charge < -0.3 is 15.8 Å². The lowest BCUT2D eigenvalue weighted by atomic mass is 9.92. The number of ether oxygens (including phenoxy) is 1. The molecule has 0 bridgehead atoms. The fraction of sp³-hybridized carbons (Fsp3) is 0.857. The van der Waals surface area contributed by atoms with Crippen LogP contribution in [0, 0.1) is 11.8 Å². The van der Waals surface area contributed by atoms with Gasteiger partial charge in [0.2, 0.25) is 11.8 Å². The highest BCUT2D eigenvalue weighted by atomic mass is 16.5. The summed E-state index contributed by atoms with van der Waals surface area (Å²) in [5.74, 6) is -0.536. The smallest absolute Gasteiger partial charge is 0.225 e. The Morgan fingerprint density at radius 3 is 2.53 bits per heavy atom. The van der Waals surface area contributed by atoms with Crippen molar-refractivity contribution in [1.82, 2.24) is 5.32 Å². The Hall–Kier alpha value is -1.10. The van der Waals surface area contributed by atoms with Crippen molar-refractivity contribution < 1.29 is 14.3 Å². The quantitative estimate of drug-likeness (QED) is 0.748. The summed E-state index contributed by atoms with van der Waals surface area (Å²) in [6, 6.07) is -0.0885. The number of primary amides is 1. The number of hydrogen-bond acceptors (Lipinski definition) is 3. The van der Waals surface area contributed by atoms with Gasteiger partial charge in [0.05, 0.1) is 18.4 Å². The first kappa shape index (κ1) is 14.3. The van der Waals surface area contributed by atoms with Crippen molar-refractivity contribution in [2.45, 2.75) is 51.0 Å². The molecule has 0 aromatic heterocycles. The molecule has 108 valence electrons. The number of amides is 2. The molecule has 0 aromatic rings. The molecule has 3 N–H and O–H groups in total. The van der Waals surface area contributed by atoms with Crippen molar-refractivity contribution in [3.8, 4) is 0 Å². The fourth-order valence-corrected chi connectivity index (χ4v) is 3.07. The maximum atomic E-state index is 12.2. The first-order valence-electron chi connectivity index (χ1n) is 7.36. The topological polar surface area (TPSA) is 81.4 Å². The fourth-order valence-electron chi connectivity index (χ4n) is 3.07. The van der Waals surface area contributed by atoms with Gasteiger partial charge in [-0.3, -0.25) is 9.59 Å². The van der Waals surface area contributed by atoms with E-state index in [0.717, 1.165) is 51.6 Å². The van der Waals surface area contributed by atoms with E-state index in [9.17, 15) is 9.59 Å². The van der Waals surface area contributed by atoms with Crippen LogP contribution < -0.4 is 11.1 Å². The van der Waals surface area contributed by atoms with Crippen molar-refractivity contribution >= 4 is 11.8 Å². The van der Waals surface area contributed by atoms with Gasteiger partial charge in [-0.2, -0.15) is 0 Å². The van der Waals surface area contributed by atoms with Crippen molar-refractivity contribution in [3.05, 3.63) is 0 Å². The largest absolute Gasteiger partial charge is 0.381 e. The Labute approximate surface area is 114 Å². The van der Waals surface area contributed by atoms with Gasteiger partial charge in [0, 0.05) is 12.6 Å². The molecule has 19 heavy (non-hydrogen) atoms. The highest BCUT2D eigenvalue weighted by Gasteiger charge is 2.31. The molecule has 5 heteroatoms. The van der Waals surface area contributed by atoms with E-state index in [1.165, 1.54) is 0 Å². The molecule has 0 radical (unpaired) electrons. The maximum Gasteiger partial charge on any atom is 0.225 e. The van der Waals surface area contributed by atoms with Crippen LogP contribution in [0.2, 0.25) is 0 Å². The van der Waals surface area contributed by atoms with Crippen LogP contribution in [-0.4, -0.2) is 31.1 Å². The Kier molecular flexibility index (Phi) is 5.19. The predicted molar refractivity (Wildman–Crippen MR) is 71.2 cm³/mol. The van der Waals surface area contributed by atoms with Crippen molar-refractivity contribution in [1.29, 1.82) is 0 Å². The van der Waals surface area contributed by atoms with Crippen LogP contribution in [0.4, 0.5) is 0 Å². The molecule has 1 heterocycles. The van der Waals surface area contributed by atoms with E-state index in [1.54, 1.807) is 0 Å². The van der Waals surface area contributed by atoms with Gasteiger partial charge >= 0.3 is 0 Å². The van der Waals surface area contributed by atoms with Crippen LogP contribution in [0.1, 0.15) is 44.9 Å². The van der Waals surface area contributed by atoms with Gasteiger partial charge in [-0.05, 0) is 25.7 Å². The van der Waals surface area contributed by atoms with Crippen molar-refractivity contribution in [3.63, 3.8) is 0 Å². The molecule has 5 nitrogen and oxygen atoms in total. The second-order valence-corrected chi connectivity index (χ2v) is 5.68. The molecule has 2 aliphatic rings. The number of rotatable bonds is 3. The van der Waals surface area contributed by atoms with Crippen LogP contribution in [0.25, 0.3) is 0 Å². The van der Waals surface area contributed by atoms with E-state index in [2.05, 4.69) is 5.32 Å². The van der Waals surface area contributed by atoms with Crippen LogP contribution in [0.3, 0.4) is 0 Å². The predicted octanol–water partition coefficient (Wildman–Crippen LogP) is 0.963. The maximum absolute atomic E-state index is 12.2. The minimum absolute atomic E-state index is 0.0258. The second kappa shape index (κ2) is 6.89. The van der Waals surface area contributed by atoms with Gasteiger partial charge in [0.1, 0.15) is 0 Å². The monoisotopic (exact) mass is 268 g/mol. The lowest BCUT2D eigenvalue weighted by Gasteiger charge is -2.27. The number of carbonyl (C=O) groups excluding carboxylic acids is 2. The number of carbonyl (C=O) groups is 2. The molecule has 3 unspecified atom stereocenters. The summed E-state index contributed by atoms with van der Waals surface area (Å²) in [6.45, 7) is 1.25. The summed E-state index contributed by atoms with van der Waals surface area (Å²) in [6.07, 6.45) is 6.64. The zero-order valence-corrected chi connectivity index (χ0v) is 11.4. The summed E-state index contributed by atoms with van der Waals surface area (Å²) >= 11 is 0. The average Bonchev–Trinajstić information content (AvgIpc) is 2.65. The summed E-state index contributed by atoms with van der Waals surface area (Å²) in [5, 5.41) is 3.04. The third-order valence-electron chi connectivity index (χ3n) is 4.24. The molecule has 1 aliphatic heterocycles. The molecule has 1 saturated heterocycles. The van der Waals surface area contributed by atoms with Gasteiger partial charge in [0.15, 0.2) is 0 Å². The van der Waals surface area contributed by atoms with Gasteiger partial charge in [-0.25, -0.2) is 0 Å². The van der Waals surface area contributed by atoms with E-state index in [1.807, 2.05) is 0 Å². The average molecular weight is 268 g/mol. The Morgan fingerprint density at radius 1 is 1.05 bits per heavy atom. The number of nitrogens with two attached hydrogens (primary N) is 1. The second-order valence-electron chi connectivity index (χ2n) is 5.68. The molecule has 2 rings (SSSR count). The highest BCUT2D eigenvalue weighted by molar-refractivity contribution is 5.82. The molecule has 0 spiro atoms. The third-order valence-corrected chi connectivity index (χ3v) is 4.24. The SMILES string of the molecule is NC(=O)C1CCCCCC1NC(=O)C1CCCOC1. The van der Waals surface area contributed by atoms with E-state index < -0.39 is 0 Å². The first-order valence-corrected chi connectivity index (χ1v) is 7.36. The number of nitrogens with one attached hydrogen (secondary N) is 1. The molecule has 2 fully saturated rings. The van der Waals surface area contributed by atoms with Gasteiger partial charge in [-0.15, -0.1) is 0 Å². The molecule has 1 aliphatic carbocycles. The molecular weight excluding hydrogens is 244 g/mol. The van der Waals surface area contributed by atoms with Crippen LogP contribution in [0.15, 0.2) is 0 Å². The van der Waals surface area contributed by atoms with Crippen LogP contribution in [0.5, 0.6) is 0 Å². The normalized spacial score (nSPS) is 32.3. The van der Waals surface area contributed by atoms with E-state index in [4.69, 9.17) is 10.5 Å². The zero-order valence-electron chi connectivity index (χ0n) is 11.4. The summed E-state index contributed by atoms with van der Waals surface area (Å²) < 4.78 is 5.34. The summed E-state index contributed by atoms with van der Waals surface area (Å²) in [5.41, 5.74) is 5.47.